The Bertz CT molecular complexity index is 331. The van der Waals surface area contributed by atoms with E-state index >= 15 is 0 Å². The van der Waals surface area contributed by atoms with Crippen molar-refractivity contribution in [1.29, 1.82) is 0 Å². The van der Waals surface area contributed by atoms with Crippen LogP contribution < -0.4 is 10.1 Å². The number of alkyl halides is 2. The maximum absolute atomic E-state index is 11.9. The van der Waals surface area contributed by atoms with E-state index in [0.717, 1.165) is 24.2 Å². The summed E-state index contributed by atoms with van der Waals surface area (Å²) < 4.78 is 28.0. The first-order valence-electron chi connectivity index (χ1n) is 4.39. The van der Waals surface area contributed by atoms with Crippen LogP contribution in [0.2, 0.25) is 0 Å². The van der Waals surface area contributed by atoms with E-state index < -0.39 is 6.61 Å². The number of hydrogen-bond donors (Lipinski definition) is 1. The molecular weight excluding hydrogens is 190 g/mol. The number of fused-ring (bicyclic) bond motifs is 1. The van der Waals surface area contributed by atoms with Crippen molar-refractivity contribution >= 4 is 0 Å². The SMILES string of the molecule is FC(F)Oc1cnc2c(c1)CNCC2. The molecule has 0 aromatic carbocycles. The average molecular weight is 200 g/mol. The summed E-state index contributed by atoms with van der Waals surface area (Å²) in [4.78, 5) is 4.07. The second-order valence-corrected chi connectivity index (χ2v) is 3.08. The zero-order valence-electron chi connectivity index (χ0n) is 7.46. The monoisotopic (exact) mass is 200 g/mol. The van der Waals surface area contributed by atoms with E-state index in [1.54, 1.807) is 6.07 Å². The average Bonchev–Trinajstić information content (AvgIpc) is 2.17. The molecule has 1 aromatic heterocycles. The lowest BCUT2D eigenvalue weighted by molar-refractivity contribution is -0.0501. The molecule has 5 heteroatoms. The van der Waals surface area contributed by atoms with Crippen molar-refractivity contribution in [3.63, 3.8) is 0 Å². The van der Waals surface area contributed by atoms with E-state index in [2.05, 4.69) is 15.0 Å². The number of nitrogens with one attached hydrogen (secondary N) is 1. The second-order valence-electron chi connectivity index (χ2n) is 3.08. The van der Waals surface area contributed by atoms with Gasteiger partial charge in [-0.15, -0.1) is 0 Å². The Balaban J connectivity index is 2.20. The number of rotatable bonds is 2. The van der Waals surface area contributed by atoms with Crippen molar-refractivity contribution in [3.8, 4) is 5.75 Å². The molecule has 2 heterocycles. The fourth-order valence-electron chi connectivity index (χ4n) is 1.49. The summed E-state index contributed by atoms with van der Waals surface area (Å²) in [6.45, 7) is -1.23. The van der Waals surface area contributed by atoms with Gasteiger partial charge in [-0.25, -0.2) is 0 Å². The molecule has 0 saturated heterocycles. The molecule has 0 radical (unpaired) electrons. The van der Waals surface area contributed by atoms with Gasteiger partial charge in [0.1, 0.15) is 5.75 Å². The van der Waals surface area contributed by atoms with Gasteiger partial charge < -0.3 is 10.1 Å². The standard InChI is InChI=1S/C9H10F2N2O/c10-9(11)14-7-3-6-4-12-2-1-8(6)13-5-7/h3,5,9,12H,1-2,4H2. The highest BCUT2D eigenvalue weighted by atomic mass is 19.3. The normalized spacial score (nSPS) is 15.4. The Hall–Kier alpha value is -1.23. The summed E-state index contributed by atoms with van der Waals surface area (Å²) in [5.74, 6) is 0.127. The highest BCUT2D eigenvalue weighted by Gasteiger charge is 2.12. The maximum Gasteiger partial charge on any atom is 0.387 e. The molecule has 0 amide bonds. The highest BCUT2D eigenvalue weighted by Crippen LogP contribution is 2.19. The summed E-state index contributed by atoms with van der Waals surface area (Å²) in [7, 11) is 0. The summed E-state index contributed by atoms with van der Waals surface area (Å²) in [5, 5.41) is 3.14. The number of nitrogens with zero attached hydrogens (tertiary/aromatic N) is 1. The third-order valence-corrected chi connectivity index (χ3v) is 2.11. The lowest BCUT2D eigenvalue weighted by atomic mass is 10.1. The van der Waals surface area contributed by atoms with Crippen LogP contribution in [0, 0.1) is 0 Å². The van der Waals surface area contributed by atoms with Gasteiger partial charge in [0.15, 0.2) is 0 Å². The van der Waals surface area contributed by atoms with E-state index in [0.29, 0.717) is 6.54 Å². The predicted octanol–water partition coefficient (Wildman–Crippen LogP) is 1.33. The second kappa shape index (κ2) is 3.88. The van der Waals surface area contributed by atoms with Gasteiger partial charge in [-0.3, -0.25) is 4.98 Å². The maximum atomic E-state index is 11.9. The summed E-state index contributed by atoms with van der Waals surface area (Å²) in [6.07, 6.45) is 2.18. The van der Waals surface area contributed by atoms with Crippen molar-refractivity contribution in [2.45, 2.75) is 19.6 Å². The first-order valence-corrected chi connectivity index (χ1v) is 4.39. The lowest BCUT2D eigenvalue weighted by Gasteiger charge is -2.16. The summed E-state index contributed by atoms with van der Waals surface area (Å²) in [6, 6.07) is 1.61. The number of aromatic nitrogens is 1. The van der Waals surface area contributed by atoms with E-state index in [1.807, 2.05) is 0 Å². The van der Waals surface area contributed by atoms with Gasteiger partial charge in [0.05, 0.1) is 6.20 Å². The van der Waals surface area contributed by atoms with E-state index in [9.17, 15) is 8.78 Å². The molecule has 1 aromatic rings. The van der Waals surface area contributed by atoms with Crippen molar-refractivity contribution in [2.75, 3.05) is 6.54 Å². The van der Waals surface area contributed by atoms with Crippen molar-refractivity contribution in [1.82, 2.24) is 10.3 Å². The Morgan fingerprint density at radius 2 is 2.36 bits per heavy atom. The van der Waals surface area contributed by atoms with Crippen LogP contribution in [0.1, 0.15) is 11.3 Å². The van der Waals surface area contributed by atoms with E-state index in [-0.39, 0.29) is 5.75 Å². The van der Waals surface area contributed by atoms with Gasteiger partial charge in [-0.05, 0) is 11.6 Å². The molecule has 1 N–H and O–H groups in total. The van der Waals surface area contributed by atoms with Gasteiger partial charge >= 0.3 is 6.61 Å². The van der Waals surface area contributed by atoms with E-state index in [4.69, 9.17) is 0 Å². The molecule has 2 rings (SSSR count). The van der Waals surface area contributed by atoms with Gasteiger partial charge in [0, 0.05) is 25.2 Å². The number of ether oxygens (including phenoxy) is 1. The molecule has 0 aliphatic carbocycles. The number of pyridine rings is 1. The molecule has 0 bridgehead atoms. The minimum absolute atomic E-state index is 0.127. The van der Waals surface area contributed by atoms with Crippen LogP contribution in [0.15, 0.2) is 12.3 Å². The van der Waals surface area contributed by atoms with Gasteiger partial charge in [-0.2, -0.15) is 8.78 Å². The topological polar surface area (TPSA) is 34.1 Å². The van der Waals surface area contributed by atoms with Crippen LogP contribution in [-0.2, 0) is 13.0 Å². The Morgan fingerprint density at radius 1 is 1.50 bits per heavy atom. The first-order chi connectivity index (χ1) is 6.75. The van der Waals surface area contributed by atoms with Gasteiger partial charge in [-0.1, -0.05) is 0 Å². The van der Waals surface area contributed by atoms with Crippen LogP contribution in [0.25, 0.3) is 0 Å². The molecule has 14 heavy (non-hydrogen) atoms. The molecule has 0 spiro atoms. The largest absolute Gasteiger partial charge is 0.433 e. The van der Waals surface area contributed by atoms with Crippen LogP contribution in [-0.4, -0.2) is 18.1 Å². The number of hydrogen-bond acceptors (Lipinski definition) is 3. The predicted molar refractivity (Wildman–Crippen MR) is 46.3 cm³/mol. The molecule has 0 saturated carbocycles. The molecule has 0 atom stereocenters. The van der Waals surface area contributed by atoms with Crippen LogP contribution in [0.4, 0.5) is 8.78 Å². The quantitative estimate of drug-likeness (QED) is 0.782. The molecule has 0 fully saturated rings. The Kier molecular flexibility index (Phi) is 2.58. The molecule has 0 unspecified atom stereocenters. The Labute approximate surface area is 80.1 Å². The van der Waals surface area contributed by atoms with Gasteiger partial charge in [0.25, 0.3) is 0 Å². The van der Waals surface area contributed by atoms with Crippen LogP contribution in [0.5, 0.6) is 5.75 Å². The fraction of sp³-hybridized carbons (Fsp3) is 0.444. The molecular formula is C9H10F2N2O. The Morgan fingerprint density at radius 3 is 3.14 bits per heavy atom. The van der Waals surface area contributed by atoms with Crippen molar-refractivity contribution < 1.29 is 13.5 Å². The van der Waals surface area contributed by atoms with Gasteiger partial charge in [0.2, 0.25) is 0 Å². The van der Waals surface area contributed by atoms with Crippen molar-refractivity contribution in [3.05, 3.63) is 23.5 Å². The van der Waals surface area contributed by atoms with Crippen LogP contribution >= 0.6 is 0 Å². The summed E-state index contributed by atoms with van der Waals surface area (Å²) >= 11 is 0. The number of halogens is 2. The first kappa shape index (κ1) is 9.33. The minimum Gasteiger partial charge on any atom is -0.433 e. The zero-order chi connectivity index (χ0) is 9.97. The molecule has 1 aliphatic rings. The molecule has 1 aliphatic heterocycles. The third kappa shape index (κ3) is 1.98. The lowest BCUT2D eigenvalue weighted by Crippen LogP contribution is -2.24. The highest BCUT2D eigenvalue weighted by molar-refractivity contribution is 5.30. The molecule has 3 nitrogen and oxygen atoms in total. The van der Waals surface area contributed by atoms with Crippen molar-refractivity contribution in [2.24, 2.45) is 0 Å². The zero-order valence-corrected chi connectivity index (χ0v) is 7.46. The van der Waals surface area contributed by atoms with E-state index in [1.165, 1.54) is 6.20 Å². The summed E-state index contributed by atoms with van der Waals surface area (Å²) in [5.41, 5.74) is 1.90. The third-order valence-electron chi connectivity index (χ3n) is 2.11. The minimum atomic E-state index is -2.79. The van der Waals surface area contributed by atoms with Crippen LogP contribution in [0.3, 0.4) is 0 Å². The smallest absolute Gasteiger partial charge is 0.387 e. The molecule has 76 valence electrons. The fourth-order valence-corrected chi connectivity index (χ4v) is 1.49.